The Hall–Kier alpha value is -3.22. The van der Waals surface area contributed by atoms with Crippen LogP contribution in [0.5, 0.6) is 0 Å². The Kier molecular flexibility index (Phi) is 5.21. The summed E-state index contributed by atoms with van der Waals surface area (Å²) >= 11 is 0. The highest BCUT2D eigenvalue weighted by molar-refractivity contribution is 6.06. The van der Waals surface area contributed by atoms with Gasteiger partial charge in [-0.25, -0.2) is 4.39 Å². The SMILES string of the molecule is CC(C)C(NC(=O)c1nn(Cc2cccc(F)c2)c2ccccc12)C(N)=O. The van der Waals surface area contributed by atoms with Gasteiger partial charge in [0.15, 0.2) is 5.69 Å². The van der Waals surface area contributed by atoms with E-state index in [-0.39, 0.29) is 17.4 Å². The molecule has 140 valence electrons. The molecule has 1 unspecified atom stereocenters. The van der Waals surface area contributed by atoms with Crippen molar-refractivity contribution in [2.75, 3.05) is 0 Å². The van der Waals surface area contributed by atoms with E-state index in [0.717, 1.165) is 11.1 Å². The van der Waals surface area contributed by atoms with Crippen LogP contribution in [-0.4, -0.2) is 27.6 Å². The number of nitrogens with two attached hydrogens (primary N) is 1. The second kappa shape index (κ2) is 7.57. The van der Waals surface area contributed by atoms with Gasteiger partial charge in [0.2, 0.25) is 5.91 Å². The highest BCUT2D eigenvalue weighted by atomic mass is 19.1. The van der Waals surface area contributed by atoms with Gasteiger partial charge in [-0.2, -0.15) is 5.10 Å². The first-order chi connectivity index (χ1) is 12.9. The summed E-state index contributed by atoms with van der Waals surface area (Å²) in [5.41, 5.74) is 7.06. The van der Waals surface area contributed by atoms with E-state index in [4.69, 9.17) is 5.73 Å². The van der Waals surface area contributed by atoms with Gasteiger partial charge in [-0.1, -0.05) is 44.2 Å². The monoisotopic (exact) mass is 368 g/mol. The Labute approximate surface area is 156 Å². The first-order valence-electron chi connectivity index (χ1n) is 8.67. The first-order valence-corrected chi connectivity index (χ1v) is 8.67. The van der Waals surface area contributed by atoms with Crippen LogP contribution in [0.1, 0.15) is 29.9 Å². The average molecular weight is 368 g/mol. The van der Waals surface area contributed by atoms with Crippen LogP contribution in [-0.2, 0) is 11.3 Å². The maximum absolute atomic E-state index is 13.5. The Balaban J connectivity index is 1.97. The summed E-state index contributed by atoms with van der Waals surface area (Å²) in [6.07, 6.45) is 0. The van der Waals surface area contributed by atoms with Crippen molar-refractivity contribution in [3.63, 3.8) is 0 Å². The standard InChI is InChI=1S/C20H21FN4O2/c1-12(2)17(19(22)26)23-20(27)18-15-8-3-4-9-16(15)25(24-18)11-13-6-5-7-14(21)10-13/h3-10,12,17H,11H2,1-2H3,(H2,22,26)(H,23,27). The van der Waals surface area contributed by atoms with Gasteiger partial charge in [0.25, 0.3) is 5.91 Å². The number of nitrogens with zero attached hydrogens (tertiary/aromatic N) is 2. The van der Waals surface area contributed by atoms with Gasteiger partial charge in [-0.3, -0.25) is 14.3 Å². The molecule has 1 heterocycles. The number of rotatable bonds is 6. The number of fused-ring (bicyclic) bond motifs is 1. The number of benzene rings is 2. The molecule has 7 heteroatoms. The number of para-hydroxylation sites is 1. The molecule has 3 rings (SSSR count). The fourth-order valence-corrected chi connectivity index (χ4v) is 3.00. The predicted molar refractivity (Wildman–Crippen MR) is 101 cm³/mol. The molecule has 3 N–H and O–H groups in total. The lowest BCUT2D eigenvalue weighted by molar-refractivity contribution is -0.120. The molecule has 0 saturated carbocycles. The van der Waals surface area contributed by atoms with Crippen molar-refractivity contribution in [3.8, 4) is 0 Å². The Morgan fingerprint density at radius 1 is 1.19 bits per heavy atom. The fourth-order valence-electron chi connectivity index (χ4n) is 3.00. The van der Waals surface area contributed by atoms with Crippen LogP contribution in [0.4, 0.5) is 4.39 Å². The molecule has 0 spiro atoms. The van der Waals surface area contributed by atoms with Gasteiger partial charge >= 0.3 is 0 Å². The van der Waals surface area contributed by atoms with Crippen molar-refractivity contribution in [1.29, 1.82) is 0 Å². The number of hydrogen-bond acceptors (Lipinski definition) is 3. The fraction of sp³-hybridized carbons (Fsp3) is 0.250. The molecule has 2 aromatic carbocycles. The smallest absolute Gasteiger partial charge is 0.273 e. The number of aromatic nitrogens is 2. The third-order valence-corrected chi connectivity index (χ3v) is 4.35. The van der Waals surface area contributed by atoms with E-state index in [9.17, 15) is 14.0 Å². The summed E-state index contributed by atoms with van der Waals surface area (Å²) in [7, 11) is 0. The quantitative estimate of drug-likeness (QED) is 0.700. The van der Waals surface area contributed by atoms with Crippen LogP contribution in [0, 0.1) is 11.7 Å². The highest BCUT2D eigenvalue weighted by Crippen LogP contribution is 2.20. The van der Waals surface area contributed by atoms with E-state index >= 15 is 0 Å². The number of primary amides is 1. The number of halogens is 1. The minimum absolute atomic E-state index is 0.146. The van der Waals surface area contributed by atoms with Crippen LogP contribution >= 0.6 is 0 Å². The average Bonchev–Trinajstić information content (AvgIpc) is 2.98. The molecule has 0 fully saturated rings. The van der Waals surface area contributed by atoms with Gasteiger partial charge in [-0.15, -0.1) is 0 Å². The Bertz CT molecular complexity index is 997. The number of nitrogens with one attached hydrogen (secondary N) is 1. The summed E-state index contributed by atoms with van der Waals surface area (Å²) in [5, 5.41) is 7.73. The van der Waals surface area contributed by atoms with E-state index in [1.807, 2.05) is 12.1 Å². The Morgan fingerprint density at radius 2 is 1.93 bits per heavy atom. The van der Waals surface area contributed by atoms with Crippen LogP contribution < -0.4 is 11.1 Å². The second-order valence-corrected chi connectivity index (χ2v) is 6.75. The zero-order chi connectivity index (χ0) is 19.6. The van der Waals surface area contributed by atoms with E-state index in [0.29, 0.717) is 11.9 Å². The largest absolute Gasteiger partial charge is 0.368 e. The highest BCUT2D eigenvalue weighted by Gasteiger charge is 2.25. The van der Waals surface area contributed by atoms with Crippen molar-refractivity contribution in [2.24, 2.45) is 11.7 Å². The molecule has 0 saturated heterocycles. The topological polar surface area (TPSA) is 90.0 Å². The Morgan fingerprint density at radius 3 is 2.59 bits per heavy atom. The van der Waals surface area contributed by atoms with Crippen LogP contribution in [0.25, 0.3) is 10.9 Å². The summed E-state index contributed by atoms with van der Waals surface area (Å²) in [6, 6.07) is 12.7. The predicted octanol–water partition coefficient (Wildman–Crippen LogP) is 2.46. The maximum Gasteiger partial charge on any atom is 0.273 e. The summed E-state index contributed by atoms with van der Waals surface area (Å²) in [5.74, 6) is -1.54. The van der Waals surface area contributed by atoms with Crippen molar-refractivity contribution in [3.05, 3.63) is 65.6 Å². The normalized spacial score (nSPS) is 12.3. The molecular weight excluding hydrogens is 347 g/mol. The first kappa shape index (κ1) is 18.6. The molecule has 0 aliphatic heterocycles. The third kappa shape index (κ3) is 3.97. The van der Waals surface area contributed by atoms with Crippen molar-refractivity contribution >= 4 is 22.7 Å². The molecule has 0 aliphatic carbocycles. The zero-order valence-corrected chi connectivity index (χ0v) is 15.1. The van der Waals surface area contributed by atoms with Gasteiger partial charge in [-0.05, 0) is 29.7 Å². The molecular formula is C20H21FN4O2. The molecule has 3 aromatic rings. The summed E-state index contributed by atoms with van der Waals surface area (Å²) < 4.78 is 15.1. The zero-order valence-electron chi connectivity index (χ0n) is 15.1. The van der Waals surface area contributed by atoms with E-state index in [1.54, 1.807) is 42.8 Å². The number of amides is 2. The van der Waals surface area contributed by atoms with E-state index < -0.39 is 17.9 Å². The van der Waals surface area contributed by atoms with Crippen molar-refractivity contribution in [1.82, 2.24) is 15.1 Å². The van der Waals surface area contributed by atoms with Gasteiger partial charge in [0.1, 0.15) is 11.9 Å². The molecule has 0 aliphatic rings. The van der Waals surface area contributed by atoms with Crippen LogP contribution in [0.2, 0.25) is 0 Å². The molecule has 2 amide bonds. The van der Waals surface area contributed by atoms with Crippen molar-refractivity contribution in [2.45, 2.75) is 26.4 Å². The number of carbonyl (C=O) groups excluding carboxylic acids is 2. The molecule has 1 atom stereocenters. The minimum Gasteiger partial charge on any atom is -0.368 e. The molecule has 6 nitrogen and oxygen atoms in total. The lowest BCUT2D eigenvalue weighted by Crippen LogP contribution is -2.47. The van der Waals surface area contributed by atoms with Gasteiger partial charge < -0.3 is 11.1 Å². The van der Waals surface area contributed by atoms with Crippen molar-refractivity contribution < 1.29 is 14.0 Å². The van der Waals surface area contributed by atoms with E-state index in [1.165, 1.54) is 12.1 Å². The van der Waals surface area contributed by atoms with Crippen LogP contribution in [0.15, 0.2) is 48.5 Å². The minimum atomic E-state index is -0.787. The summed E-state index contributed by atoms with van der Waals surface area (Å²) in [6.45, 7) is 3.92. The van der Waals surface area contributed by atoms with Gasteiger partial charge in [0.05, 0.1) is 12.1 Å². The molecule has 0 radical (unpaired) electrons. The molecule has 1 aromatic heterocycles. The van der Waals surface area contributed by atoms with E-state index in [2.05, 4.69) is 10.4 Å². The third-order valence-electron chi connectivity index (χ3n) is 4.35. The molecule has 27 heavy (non-hydrogen) atoms. The van der Waals surface area contributed by atoms with Gasteiger partial charge in [0, 0.05) is 5.39 Å². The lowest BCUT2D eigenvalue weighted by atomic mass is 10.0. The lowest BCUT2D eigenvalue weighted by Gasteiger charge is -2.18. The number of carbonyl (C=O) groups is 2. The van der Waals surface area contributed by atoms with Crippen LogP contribution in [0.3, 0.4) is 0 Å². The molecule has 0 bridgehead atoms. The number of hydrogen-bond donors (Lipinski definition) is 2. The maximum atomic E-state index is 13.5. The second-order valence-electron chi connectivity index (χ2n) is 6.75. The summed E-state index contributed by atoms with van der Waals surface area (Å²) in [4.78, 5) is 24.3.